The van der Waals surface area contributed by atoms with E-state index in [2.05, 4.69) is 126 Å². The molecule has 1 atom stereocenters. The molecule has 3 heteroatoms. The van der Waals surface area contributed by atoms with Crippen LogP contribution in [0.1, 0.15) is 17.9 Å². The fraction of sp³-hybridized carbons (Fsp3) is 0.0556. The molecule has 3 heterocycles. The minimum absolute atomic E-state index is 0.377. The maximum absolute atomic E-state index is 6.55. The highest BCUT2D eigenvalue weighted by molar-refractivity contribution is 7.26. The van der Waals surface area contributed by atoms with Crippen molar-refractivity contribution in [2.75, 3.05) is 0 Å². The number of hydrogen-bond donors (Lipinski definition) is 0. The van der Waals surface area contributed by atoms with Crippen molar-refractivity contribution in [3.05, 3.63) is 125 Å². The van der Waals surface area contributed by atoms with Crippen LogP contribution in [0.5, 0.6) is 0 Å². The number of rotatable bonds is 2. The molecule has 0 fully saturated rings. The Morgan fingerprint density at radius 3 is 2.36 bits per heavy atom. The van der Waals surface area contributed by atoms with Crippen LogP contribution in [-0.4, -0.2) is 4.57 Å². The first-order valence-corrected chi connectivity index (χ1v) is 14.3. The zero-order chi connectivity index (χ0) is 25.5. The van der Waals surface area contributed by atoms with Gasteiger partial charge in [0.25, 0.3) is 0 Å². The first-order valence-electron chi connectivity index (χ1n) is 13.5. The van der Waals surface area contributed by atoms with Crippen LogP contribution in [0.25, 0.3) is 70.9 Å². The predicted molar refractivity (Wildman–Crippen MR) is 165 cm³/mol. The van der Waals surface area contributed by atoms with Crippen LogP contribution >= 0.6 is 11.3 Å². The van der Waals surface area contributed by atoms with Gasteiger partial charge in [0.1, 0.15) is 11.2 Å². The van der Waals surface area contributed by atoms with Gasteiger partial charge in [-0.15, -0.1) is 11.3 Å². The van der Waals surface area contributed by atoms with Crippen molar-refractivity contribution in [2.24, 2.45) is 0 Å². The van der Waals surface area contributed by atoms with Crippen LogP contribution in [-0.2, 0) is 0 Å². The summed E-state index contributed by atoms with van der Waals surface area (Å²) in [7, 11) is 0. The van der Waals surface area contributed by atoms with E-state index in [0.29, 0.717) is 5.92 Å². The minimum Gasteiger partial charge on any atom is -0.455 e. The van der Waals surface area contributed by atoms with Crippen LogP contribution in [0.2, 0.25) is 0 Å². The Morgan fingerprint density at radius 1 is 0.718 bits per heavy atom. The molecule has 0 spiro atoms. The van der Waals surface area contributed by atoms with Gasteiger partial charge >= 0.3 is 0 Å². The molecular weight excluding hydrogens is 494 g/mol. The van der Waals surface area contributed by atoms with Gasteiger partial charge in [-0.25, -0.2) is 0 Å². The van der Waals surface area contributed by atoms with Crippen molar-refractivity contribution in [1.29, 1.82) is 0 Å². The molecule has 0 radical (unpaired) electrons. The van der Waals surface area contributed by atoms with E-state index < -0.39 is 0 Å². The van der Waals surface area contributed by atoms with Gasteiger partial charge in [0, 0.05) is 48.1 Å². The lowest BCUT2D eigenvalue weighted by atomic mass is 9.91. The van der Waals surface area contributed by atoms with Gasteiger partial charge in [-0.2, -0.15) is 0 Å². The third kappa shape index (κ3) is 2.96. The molecule has 9 rings (SSSR count). The van der Waals surface area contributed by atoms with Gasteiger partial charge in [-0.1, -0.05) is 97.1 Å². The van der Waals surface area contributed by atoms with Crippen LogP contribution in [0.15, 0.2) is 114 Å². The van der Waals surface area contributed by atoms with E-state index in [4.69, 9.17) is 4.42 Å². The Hall–Kier alpha value is -4.60. The smallest absolute Gasteiger partial charge is 0.144 e. The van der Waals surface area contributed by atoms with E-state index in [9.17, 15) is 0 Å². The van der Waals surface area contributed by atoms with Gasteiger partial charge in [0.15, 0.2) is 0 Å². The van der Waals surface area contributed by atoms with Crippen molar-refractivity contribution < 1.29 is 4.42 Å². The van der Waals surface area contributed by atoms with Crippen molar-refractivity contribution in [3.8, 4) is 5.69 Å². The van der Waals surface area contributed by atoms with Crippen LogP contribution in [0.3, 0.4) is 0 Å². The van der Waals surface area contributed by atoms with Gasteiger partial charge in [-0.05, 0) is 36.2 Å². The van der Waals surface area contributed by atoms with E-state index in [0.717, 1.165) is 23.0 Å². The monoisotopic (exact) mass is 517 g/mol. The second kappa shape index (κ2) is 7.95. The third-order valence-corrected chi connectivity index (χ3v) is 9.52. The molecule has 184 valence electrons. The maximum atomic E-state index is 6.55. The van der Waals surface area contributed by atoms with E-state index in [1.54, 1.807) is 0 Å². The summed E-state index contributed by atoms with van der Waals surface area (Å²) in [6, 6.07) is 39.2. The summed E-state index contributed by atoms with van der Waals surface area (Å²) in [5, 5.41) is 8.73. The average Bonchev–Trinajstić information content (AvgIpc) is 3.66. The number of thiophene rings is 1. The molecule has 0 N–H and O–H groups in total. The van der Waals surface area contributed by atoms with Crippen LogP contribution in [0, 0.1) is 0 Å². The Bertz CT molecular complexity index is 2370. The minimum atomic E-state index is 0.377. The Morgan fingerprint density at radius 2 is 1.46 bits per heavy atom. The van der Waals surface area contributed by atoms with E-state index >= 15 is 0 Å². The summed E-state index contributed by atoms with van der Waals surface area (Å²) in [6.45, 7) is 0. The van der Waals surface area contributed by atoms with Gasteiger partial charge < -0.3 is 8.98 Å². The largest absolute Gasteiger partial charge is 0.455 e. The molecule has 0 amide bonds. The molecule has 3 aromatic heterocycles. The van der Waals surface area contributed by atoms with Gasteiger partial charge in [0.05, 0.1) is 15.9 Å². The standard InChI is InChI=1S/C36H23NOS/c1-2-10-22(11-3-1)23-18-19-30-27(20-23)24-12-4-7-15-29(24)37(30)31-21-28-25-13-5-8-16-32(25)38-35(28)34-26-14-6-9-17-33(26)39-36(31)34/h1-17,19-21,23H,18H2. The predicted octanol–water partition coefficient (Wildman–Crippen LogP) is 8.65. The highest BCUT2D eigenvalue weighted by Crippen LogP contribution is 2.45. The zero-order valence-corrected chi connectivity index (χ0v) is 21.9. The number of hydrogen-bond acceptors (Lipinski definition) is 2. The first kappa shape index (κ1) is 21.3. The fourth-order valence-corrected chi connectivity index (χ4v) is 7.78. The summed E-state index contributed by atoms with van der Waals surface area (Å²) >= 11 is 1.86. The quantitative estimate of drug-likeness (QED) is 0.224. The topological polar surface area (TPSA) is 18.1 Å². The molecular formula is C36H23NOS. The lowest BCUT2D eigenvalue weighted by molar-refractivity contribution is 0.673. The second-order valence-corrected chi connectivity index (χ2v) is 11.5. The summed E-state index contributed by atoms with van der Waals surface area (Å²) in [4.78, 5) is 0. The fourth-order valence-electron chi connectivity index (χ4n) is 6.57. The average molecular weight is 518 g/mol. The highest BCUT2D eigenvalue weighted by Gasteiger charge is 2.22. The highest BCUT2D eigenvalue weighted by atomic mass is 32.1. The third-order valence-electron chi connectivity index (χ3n) is 8.32. The van der Waals surface area contributed by atoms with Crippen molar-refractivity contribution in [2.45, 2.75) is 12.3 Å². The number of benzene rings is 5. The van der Waals surface area contributed by atoms with Crippen LogP contribution < -0.4 is 10.6 Å². The Balaban J connectivity index is 1.45. The summed E-state index contributed by atoms with van der Waals surface area (Å²) in [6.07, 6.45) is 5.92. The summed E-state index contributed by atoms with van der Waals surface area (Å²) in [5.74, 6) is 0.377. The van der Waals surface area contributed by atoms with E-state index in [1.165, 1.54) is 58.3 Å². The Kier molecular flexibility index (Phi) is 4.35. The number of para-hydroxylation sites is 2. The van der Waals surface area contributed by atoms with E-state index in [1.807, 2.05) is 11.3 Å². The molecule has 2 nitrogen and oxygen atoms in total. The number of furan rings is 1. The number of aromatic nitrogens is 1. The van der Waals surface area contributed by atoms with Gasteiger partial charge in [0.2, 0.25) is 0 Å². The normalized spacial score (nSPS) is 15.2. The molecule has 0 saturated carbocycles. The molecule has 39 heavy (non-hydrogen) atoms. The zero-order valence-electron chi connectivity index (χ0n) is 21.1. The summed E-state index contributed by atoms with van der Waals surface area (Å²) in [5.41, 5.74) is 5.76. The second-order valence-electron chi connectivity index (χ2n) is 10.4. The number of nitrogens with zero attached hydrogens (tertiary/aromatic N) is 1. The molecule has 0 bridgehead atoms. The lowest BCUT2D eigenvalue weighted by Gasteiger charge is -2.15. The first-order chi connectivity index (χ1) is 19.3. The lowest BCUT2D eigenvalue weighted by Crippen LogP contribution is -2.31. The molecule has 1 aliphatic carbocycles. The molecule has 0 saturated heterocycles. The molecule has 0 aliphatic heterocycles. The number of fused-ring (bicyclic) bond motifs is 10. The molecule has 5 aromatic carbocycles. The summed E-state index contributed by atoms with van der Waals surface area (Å²) < 4.78 is 11.6. The SMILES string of the molecule is C1=c2c(n(-c3cc4c5ccccc5oc4c4c3sc3ccccc34)c3ccccc23)=CCC1c1ccccc1. The maximum Gasteiger partial charge on any atom is 0.144 e. The molecule has 1 unspecified atom stereocenters. The molecule has 1 aliphatic rings. The van der Waals surface area contributed by atoms with Crippen molar-refractivity contribution >= 4 is 76.5 Å². The van der Waals surface area contributed by atoms with Crippen LogP contribution in [0.4, 0.5) is 0 Å². The van der Waals surface area contributed by atoms with Crippen molar-refractivity contribution in [3.63, 3.8) is 0 Å². The Labute approximate surface area is 228 Å². The molecule has 8 aromatic rings. The van der Waals surface area contributed by atoms with Gasteiger partial charge in [-0.3, -0.25) is 0 Å². The van der Waals surface area contributed by atoms with E-state index in [-0.39, 0.29) is 0 Å². The van der Waals surface area contributed by atoms with Crippen molar-refractivity contribution in [1.82, 2.24) is 4.57 Å².